The monoisotopic (exact) mass is 755 g/mol. The number of benzene rings is 9. The van der Waals surface area contributed by atoms with Crippen molar-refractivity contribution in [2.45, 2.75) is 0 Å². The lowest BCUT2D eigenvalue weighted by Gasteiger charge is -2.26. The van der Waals surface area contributed by atoms with Crippen LogP contribution in [0.5, 0.6) is 0 Å². The van der Waals surface area contributed by atoms with Gasteiger partial charge < -0.3 is 13.7 Å². The summed E-state index contributed by atoms with van der Waals surface area (Å²) in [7, 11) is 0. The predicted molar refractivity (Wildman–Crippen MR) is 243 cm³/mol. The van der Waals surface area contributed by atoms with E-state index in [0.29, 0.717) is 11.6 Å². The van der Waals surface area contributed by atoms with E-state index in [1.165, 1.54) is 43.4 Å². The van der Waals surface area contributed by atoms with Crippen LogP contribution in [0.1, 0.15) is 0 Å². The summed E-state index contributed by atoms with van der Waals surface area (Å²) < 4.78 is 12.1. The Morgan fingerprint density at radius 2 is 0.949 bits per heavy atom. The third-order valence-electron chi connectivity index (χ3n) is 11.5. The normalized spacial score (nSPS) is 11.7. The lowest BCUT2D eigenvalue weighted by Crippen LogP contribution is -2.09. The highest BCUT2D eigenvalue weighted by atomic mass is 16.3. The van der Waals surface area contributed by atoms with Crippen LogP contribution in [0.4, 0.5) is 17.1 Å². The second kappa shape index (κ2) is 13.3. The number of fused-ring (bicyclic) bond motifs is 8. The average Bonchev–Trinajstić information content (AvgIpc) is 3.91. The van der Waals surface area contributed by atoms with E-state index in [9.17, 15) is 0 Å². The smallest absolute Gasteiger partial charge is 0.227 e. The fourth-order valence-electron chi connectivity index (χ4n) is 8.51. The van der Waals surface area contributed by atoms with Gasteiger partial charge in [0.1, 0.15) is 11.1 Å². The van der Waals surface area contributed by atoms with Gasteiger partial charge in [-0.2, -0.15) is 0 Å². The summed E-state index contributed by atoms with van der Waals surface area (Å²) in [6.45, 7) is 0. The molecule has 12 rings (SSSR count). The maximum atomic E-state index is 6.12. The van der Waals surface area contributed by atoms with Crippen molar-refractivity contribution in [1.82, 2.24) is 9.97 Å². The third kappa shape index (κ3) is 5.71. The minimum atomic E-state index is 0.603. The summed E-state index contributed by atoms with van der Waals surface area (Å²) in [5.74, 6) is 0.603. The fourth-order valence-corrected chi connectivity index (χ4v) is 8.51. The van der Waals surface area contributed by atoms with Crippen LogP contribution >= 0.6 is 0 Å². The van der Waals surface area contributed by atoms with Gasteiger partial charge in [0.15, 0.2) is 5.58 Å². The molecule has 59 heavy (non-hydrogen) atoms. The van der Waals surface area contributed by atoms with Crippen molar-refractivity contribution in [3.05, 3.63) is 200 Å². The minimum absolute atomic E-state index is 0.603. The van der Waals surface area contributed by atoms with Crippen LogP contribution in [0.25, 0.3) is 99.2 Å². The van der Waals surface area contributed by atoms with Gasteiger partial charge in [-0.15, -0.1) is 0 Å². The van der Waals surface area contributed by atoms with Crippen LogP contribution in [0, 0.1) is 0 Å². The number of aromatic nitrogens is 2. The van der Waals surface area contributed by atoms with Crippen LogP contribution in [0.3, 0.4) is 0 Å². The summed E-state index contributed by atoms with van der Waals surface area (Å²) >= 11 is 0. The summed E-state index contributed by atoms with van der Waals surface area (Å²) in [6.07, 6.45) is 1.89. The van der Waals surface area contributed by atoms with E-state index >= 15 is 0 Å². The van der Waals surface area contributed by atoms with E-state index in [1.807, 2.05) is 48.7 Å². The second-order valence-corrected chi connectivity index (χ2v) is 15.1. The lowest BCUT2D eigenvalue weighted by molar-refractivity contribution is 0.620. The van der Waals surface area contributed by atoms with Crippen LogP contribution in [0.15, 0.2) is 209 Å². The fraction of sp³-hybridized carbons (Fsp3) is 0. The largest absolute Gasteiger partial charge is 0.438 e. The molecule has 0 unspecified atom stereocenters. The molecule has 9 aromatic carbocycles. The number of furan rings is 1. The molecule has 276 valence electrons. The van der Waals surface area contributed by atoms with E-state index in [0.717, 1.165) is 61.2 Å². The van der Waals surface area contributed by atoms with Gasteiger partial charge in [0.25, 0.3) is 0 Å². The Morgan fingerprint density at radius 1 is 0.356 bits per heavy atom. The first-order chi connectivity index (χ1) is 29.2. The van der Waals surface area contributed by atoms with Gasteiger partial charge in [0, 0.05) is 45.2 Å². The van der Waals surface area contributed by atoms with Crippen molar-refractivity contribution in [1.29, 1.82) is 0 Å². The standard InChI is InChI=1S/C54H33N3O2/c1-2-8-37-29-38(14-13-34(37)7-1)39-21-27-46-40(30-39)15-16-41-31-45(26-28-47(41)46)57(44-24-19-36(20-25-44)53-56-50-10-4-6-12-52(50)59-53)43-22-17-35(18-23-43)42-32-49-48-9-3-5-11-51(48)58-54(49)55-33-42/h1-33H. The zero-order valence-electron chi connectivity index (χ0n) is 31.7. The van der Waals surface area contributed by atoms with E-state index in [-0.39, 0.29) is 0 Å². The average molecular weight is 756 g/mol. The van der Waals surface area contributed by atoms with Gasteiger partial charge in [-0.05, 0) is 134 Å². The number of oxazole rings is 1. The molecule has 5 heteroatoms. The van der Waals surface area contributed by atoms with Gasteiger partial charge in [-0.25, -0.2) is 9.97 Å². The molecule has 0 aliphatic rings. The van der Waals surface area contributed by atoms with Crippen LogP contribution in [-0.2, 0) is 0 Å². The van der Waals surface area contributed by atoms with Gasteiger partial charge in [0.05, 0.1) is 0 Å². The summed E-state index contributed by atoms with van der Waals surface area (Å²) in [5, 5.41) is 9.41. The molecular weight excluding hydrogens is 723 g/mol. The van der Waals surface area contributed by atoms with Crippen molar-refractivity contribution in [2.75, 3.05) is 4.90 Å². The number of hydrogen-bond donors (Lipinski definition) is 0. The molecule has 0 radical (unpaired) electrons. The highest BCUT2D eigenvalue weighted by Gasteiger charge is 2.17. The molecule has 0 saturated carbocycles. The first-order valence-corrected chi connectivity index (χ1v) is 19.8. The summed E-state index contributed by atoms with van der Waals surface area (Å²) in [4.78, 5) is 11.7. The number of rotatable bonds is 6. The molecule has 0 saturated heterocycles. The lowest BCUT2D eigenvalue weighted by atomic mass is 9.96. The molecule has 0 amide bonds. The number of pyridine rings is 1. The molecule has 3 aromatic heterocycles. The molecule has 0 aliphatic carbocycles. The number of para-hydroxylation sites is 3. The third-order valence-corrected chi connectivity index (χ3v) is 11.5. The molecular formula is C54H33N3O2. The Morgan fingerprint density at radius 3 is 1.75 bits per heavy atom. The SMILES string of the molecule is c1ccc2cc(-c3ccc4c(ccc5cc(N(c6ccc(-c7cnc8oc9ccccc9c8c7)cc6)c6ccc(-c7nc8ccccc8o7)cc6)ccc54)c3)ccc2c1. The van der Waals surface area contributed by atoms with Crippen LogP contribution in [-0.4, -0.2) is 9.97 Å². The quantitative estimate of drug-likeness (QED) is 0.158. The molecule has 0 bridgehead atoms. The van der Waals surface area contributed by atoms with Crippen LogP contribution < -0.4 is 4.90 Å². The first-order valence-electron chi connectivity index (χ1n) is 19.8. The molecule has 5 nitrogen and oxygen atoms in total. The Balaban J connectivity index is 0.934. The second-order valence-electron chi connectivity index (χ2n) is 15.1. The zero-order valence-corrected chi connectivity index (χ0v) is 31.7. The van der Waals surface area contributed by atoms with Crippen LogP contribution in [0.2, 0.25) is 0 Å². The Labute approximate surface area is 339 Å². The van der Waals surface area contributed by atoms with Crippen molar-refractivity contribution in [3.8, 4) is 33.7 Å². The maximum Gasteiger partial charge on any atom is 0.227 e. The summed E-state index contributed by atoms with van der Waals surface area (Å²) in [6, 6.07) is 68.6. The van der Waals surface area contributed by atoms with Gasteiger partial charge in [-0.1, -0.05) is 109 Å². The van der Waals surface area contributed by atoms with E-state index in [2.05, 4.69) is 162 Å². The van der Waals surface area contributed by atoms with Gasteiger partial charge >= 0.3 is 0 Å². The molecule has 0 N–H and O–H groups in total. The molecule has 3 heterocycles. The topological polar surface area (TPSA) is 55.3 Å². The van der Waals surface area contributed by atoms with E-state index < -0.39 is 0 Å². The van der Waals surface area contributed by atoms with Crippen molar-refractivity contribution in [2.24, 2.45) is 0 Å². The molecule has 0 fully saturated rings. The highest BCUT2D eigenvalue weighted by Crippen LogP contribution is 2.40. The Hall–Kier alpha value is -8.02. The Kier molecular flexibility index (Phi) is 7.47. The number of hydrogen-bond acceptors (Lipinski definition) is 5. The zero-order chi connectivity index (χ0) is 38.9. The molecule has 0 atom stereocenters. The van der Waals surface area contributed by atoms with E-state index in [4.69, 9.17) is 13.8 Å². The highest BCUT2D eigenvalue weighted by molar-refractivity contribution is 6.10. The number of anilines is 3. The number of nitrogens with zero attached hydrogens (tertiary/aromatic N) is 3. The van der Waals surface area contributed by atoms with Crippen molar-refractivity contribution >= 4 is 82.5 Å². The minimum Gasteiger partial charge on any atom is -0.438 e. The first kappa shape index (κ1) is 33.2. The maximum absolute atomic E-state index is 6.12. The van der Waals surface area contributed by atoms with Crippen molar-refractivity contribution < 1.29 is 8.83 Å². The van der Waals surface area contributed by atoms with Gasteiger partial charge in [-0.3, -0.25) is 0 Å². The van der Waals surface area contributed by atoms with Gasteiger partial charge in [0.2, 0.25) is 11.6 Å². The molecule has 12 aromatic rings. The van der Waals surface area contributed by atoms with Crippen molar-refractivity contribution in [3.63, 3.8) is 0 Å². The molecule has 0 aliphatic heterocycles. The van der Waals surface area contributed by atoms with E-state index in [1.54, 1.807) is 0 Å². The summed E-state index contributed by atoms with van der Waals surface area (Å²) in [5.41, 5.74) is 11.7. The predicted octanol–water partition coefficient (Wildman–Crippen LogP) is 15.1. The Bertz CT molecular complexity index is 3530. The molecule has 0 spiro atoms.